The van der Waals surface area contributed by atoms with E-state index in [0.29, 0.717) is 23.4 Å². The third-order valence-corrected chi connectivity index (χ3v) is 5.05. The summed E-state index contributed by atoms with van der Waals surface area (Å²) in [5.74, 6) is -0.118. The molecule has 1 aliphatic rings. The molecule has 28 heavy (non-hydrogen) atoms. The van der Waals surface area contributed by atoms with Crippen LogP contribution in [-0.2, 0) is 14.3 Å². The second kappa shape index (κ2) is 7.94. The quantitative estimate of drug-likeness (QED) is 0.583. The standard InChI is InChI=1S/C17H25FN6O4/c1-4-7(2)11(19)17(26)27-5-9-13(25)10(18)16(28-9)24-6-21-12-14(20)22-8(3)23-15(12)24/h6-7,9-11,13,16,25H,4-5,19H2,1-3H3,(H2,20,22,23)/t7-,9-,10+,11-,13-,16-/m1/s1. The number of nitrogen functional groups attached to an aromatic ring is 1. The zero-order chi connectivity index (χ0) is 20.6. The number of alkyl halides is 1. The number of aryl methyl sites for hydroxylation is 1. The summed E-state index contributed by atoms with van der Waals surface area (Å²) in [7, 11) is 0. The molecular formula is C17H25FN6O4. The molecule has 11 heteroatoms. The maximum atomic E-state index is 14.7. The normalized spacial score (nSPS) is 27.1. The molecule has 0 amide bonds. The number of esters is 1. The van der Waals surface area contributed by atoms with Gasteiger partial charge in [0.25, 0.3) is 0 Å². The van der Waals surface area contributed by atoms with Crippen molar-refractivity contribution >= 4 is 23.0 Å². The molecule has 5 N–H and O–H groups in total. The molecule has 3 heterocycles. The second-order valence-electron chi connectivity index (χ2n) is 7.02. The zero-order valence-corrected chi connectivity index (χ0v) is 15.9. The number of halogens is 1. The van der Waals surface area contributed by atoms with Gasteiger partial charge in [0.05, 0.1) is 6.33 Å². The molecule has 1 fully saturated rings. The van der Waals surface area contributed by atoms with E-state index < -0.39 is 36.6 Å². The molecular weight excluding hydrogens is 371 g/mol. The lowest BCUT2D eigenvalue weighted by Crippen LogP contribution is -2.40. The van der Waals surface area contributed by atoms with Crippen LogP contribution in [0.15, 0.2) is 6.33 Å². The first-order chi connectivity index (χ1) is 13.2. The van der Waals surface area contributed by atoms with E-state index in [1.54, 1.807) is 6.92 Å². The van der Waals surface area contributed by atoms with Gasteiger partial charge < -0.3 is 26.0 Å². The Morgan fingerprint density at radius 3 is 2.89 bits per heavy atom. The molecule has 1 aliphatic heterocycles. The van der Waals surface area contributed by atoms with Gasteiger partial charge in [0.2, 0.25) is 0 Å². The van der Waals surface area contributed by atoms with Crippen LogP contribution >= 0.6 is 0 Å². The first kappa shape index (κ1) is 20.4. The number of aromatic nitrogens is 4. The Morgan fingerprint density at radius 2 is 2.21 bits per heavy atom. The van der Waals surface area contributed by atoms with Crippen LogP contribution < -0.4 is 11.5 Å². The van der Waals surface area contributed by atoms with E-state index in [-0.39, 0.29) is 18.3 Å². The van der Waals surface area contributed by atoms with E-state index in [4.69, 9.17) is 20.9 Å². The number of hydrogen-bond acceptors (Lipinski definition) is 9. The summed E-state index contributed by atoms with van der Waals surface area (Å²) >= 11 is 0. The van der Waals surface area contributed by atoms with Crippen molar-refractivity contribution in [2.75, 3.05) is 12.3 Å². The number of fused-ring (bicyclic) bond motifs is 1. The number of carbonyl (C=O) groups is 1. The molecule has 1 saturated heterocycles. The molecule has 2 aromatic rings. The number of rotatable bonds is 6. The lowest BCUT2D eigenvalue weighted by atomic mass is 10.0. The van der Waals surface area contributed by atoms with Gasteiger partial charge >= 0.3 is 5.97 Å². The van der Waals surface area contributed by atoms with Gasteiger partial charge in [-0.1, -0.05) is 20.3 Å². The molecule has 0 spiro atoms. The fourth-order valence-corrected chi connectivity index (χ4v) is 3.05. The maximum absolute atomic E-state index is 14.7. The van der Waals surface area contributed by atoms with E-state index in [2.05, 4.69) is 15.0 Å². The minimum Gasteiger partial charge on any atom is -0.462 e. The Labute approximate surface area is 161 Å². The Balaban J connectivity index is 1.74. The molecule has 0 unspecified atom stereocenters. The summed E-state index contributed by atoms with van der Waals surface area (Å²) in [6.07, 6.45) is -3.47. The number of aliphatic hydroxyl groups is 1. The highest BCUT2D eigenvalue weighted by molar-refractivity contribution is 5.81. The number of carbonyl (C=O) groups excluding carboxylic acids is 1. The Hall–Kier alpha value is -2.37. The van der Waals surface area contributed by atoms with Crippen LogP contribution in [-0.4, -0.2) is 61.6 Å². The highest BCUT2D eigenvalue weighted by Crippen LogP contribution is 2.34. The van der Waals surface area contributed by atoms with Crippen molar-refractivity contribution < 1.29 is 23.8 Å². The van der Waals surface area contributed by atoms with Crippen LogP contribution in [0.2, 0.25) is 0 Å². The smallest absolute Gasteiger partial charge is 0.323 e. The van der Waals surface area contributed by atoms with Crippen molar-refractivity contribution in [3.05, 3.63) is 12.2 Å². The summed E-state index contributed by atoms with van der Waals surface area (Å²) in [5, 5.41) is 10.2. The van der Waals surface area contributed by atoms with Gasteiger partial charge in [0, 0.05) is 0 Å². The summed E-state index contributed by atoms with van der Waals surface area (Å²) in [5.41, 5.74) is 12.2. The van der Waals surface area contributed by atoms with E-state index in [1.165, 1.54) is 10.9 Å². The minimum absolute atomic E-state index is 0.0608. The summed E-state index contributed by atoms with van der Waals surface area (Å²) in [6.45, 7) is 5.07. The maximum Gasteiger partial charge on any atom is 0.323 e. The van der Waals surface area contributed by atoms with Crippen molar-refractivity contribution in [2.45, 2.75) is 57.8 Å². The van der Waals surface area contributed by atoms with Crippen LogP contribution in [0, 0.1) is 12.8 Å². The SMILES string of the molecule is CC[C@@H](C)[C@@H](N)C(=O)OC[C@H]1O[C@@H](n2cnc3c(N)nc(C)nc32)[C@@H](F)[C@@H]1O. The van der Waals surface area contributed by atoms with Gasteiger partial charge in [-0.25, -0.2) is 19.3 Å². The Morgan fingerprint density at radius 1 is 1.50 bits per heavy atom. The Bertz CT molecular complexity index is 862. The lowest BCUT2D eigenvalue weighted by molar-refractivity contribution is -0.152. The van der Waals surface area contributed by atoms with Crippen molar-refractivity contribution in [1.29, 1.82) is 0 Å². The van der Waals surface area contributed by atoms with Crippen LogP contribution in [0.5, 0.6) is 0 Å². The van der Waals surface area contributed by atoms with E-state index in [1.807, 2.05) is 13.8 Å². The second-order valence-corrected chi connectivity index (χ2v) is 7.02. The van der Waals surface area contributed by atoms with Gasteiger partial charge in [-0.3, -0.25) is 9.36 Å². The number of imidazole rings is 1. The van der Waals surface area contributed by atoms with E-state index in [0.717, 1.165) is 0 Å². The first-order valence-electron chi connectivity index (χ1n) is 9.11. The number of nitrogens with two attached hydrogens (primary N) is 2. The summed E-state index contributed by atoms with van der Waals surface area (Å²) < 4.78 is 26.8. The van der Waals surface area contributed by atoms with Gasteiger partial charge in [-0.05, 0) is 12.8 Å². The average molecular weight is 396 g/mol. The summed E-state index contributed by atoms with van der Waals surface area (Å²) in [4.78, 5) is 24.4. The fraction of sp³-hybridized carbons (Fsp3) is 0.647. The average Bonchev–Trinajstić information content (AvgIpc) is 3.20. The zero-order valence-electron chi connectivity index (χ0n) is 15.9. The molecule has 2 aromatic heterocycles. The molecule has 0 bridgehead atoms. The molecule has 0 aliphatic carbocycles. The van der Waals surface area contributed by atoms with E-state index >= 15 is 0 Å². The summed E-state index contributed by atoms with van der Waals surface area (Å²) in [6, 6.07) is -0.791. The number of anilines is 1. The minimum atomic E-state index is -1.78. The molecule has 0 aromatic carbocycles. The van der Waals surface area contributed by atoms with Crippen LogP contribution in [0.3, 0.4) is 0 Å². The van der Waals surface area contributed by atoms with Crippen LogP contribution in [0.25, 0.3) is 11.2 Å². The van der Waals surface area contributed by atoms with Crippen molar-refractivity contribution in [1.82, 2.24) is 19.5 Å². The van der Waals surface area contributed by atoms with Gasteiger partial charge in [-0.2, -0.15) is 0 Å². The predicted molar refractivity (Wildman–Crippen MR) is 97.7 cm³/mol. The lowest BCUT2D eigenvalue weighted by Gasteiger charge is -2.19. The first-order valence-corrected chi connectivity index (χ1v) is 9.11. The number of nitrogens with zero attached hydrogens (tertiary/aromatic N) is 4. The van der Waals surface area contributed by atoms with Crippen molar-refractivity contribution in [2.24, 2.45) is 11.7 Å². The molecule has 0 saturated carbocycles. The molecule has 0 radical (unpaired) electrons. The predicted octanol–water partition coefficient (Wildman–Crippen LogP) is 0.230. The van der Waals surface area contributed by atoms with Crippen LogP contribution in [0.4, 0.5) is 10.2 Å². The number of ether oxygens (including phenoxy) is 2. The third-order valence-electron chi connectivity index (χ3n) is 5.05. The highest BCUT2D eigenvalue weighted by Gasteiger charge is 2.46. The largest absolute Gasteiger partial charge is 0.462 e. The molecule has 154 valence electrons. The third kappa shape index (κ3) is 3.64. The Kier molecular flexibility index (Phi) is 5.77. The van der Waals surface area contributed by atoms with Crippen molar-refractivity contribution in [3.8, 4) is 0 Å². The van der Waals surface area contributed by atoms with Gasteiger partial charge in [0.1, 0.15) is 36.2 Å². The van der Waals surface area contributed by atoms with Gasteiger partial charge in [-0.15, -0.1) is 0 Å². The van der Waals surface area contributed by atoms with E-state index in [9.17, 15) is 14.3 Å². The topological polar surface area (TPSA) is 151 Å². The van der Waals surface area contributed by atoms with Crippen molar-refractivity contribution in [3.63, 3.8) is 0 Å². The molecule has 6 atom stereocenters. The van der Waals surface area contributed by atoms with Crippen LogP contribution in [0.1, 0.15) is 32.3 Å². The highest BCUT2D eigenvalue weighted by atomic mass is 19.1. The van der Waals surface area contributed by atoms with Gasteiger partial charge in [0.15, 0.2) is 23.9 Å². The monoisotopic (exact) mass is 396 g/mol. The fourth-order valence-electron chi connectivity index (χ4n) is 3.05. The molecule has 10 nitrogen and oxygen atoms in total. The number of hydrogen-bond donors (Lipinski definition) is 3. The molecule has 3 rings (SSSR count). The number of aliphatic hydroxyl groups excluding tert-OH is 1.